The molecule has 0 aliphatic carbocycles. The first kappa shape index (κ1) is 15.1. The normalized spacial score (nSPS) is 12.2. The van der Waals surface area contributed by atoms with E-state index in [4.69, 9.17) is 4.74 Å². The maximum absolute atomic E-state index is 11.6. The number of nitro groups is 1. The van der Waals surface area contributed by atoms with E-state index in [9.17, 15) is 14.9 Å². The van der Waals surface area contributed by atoms with Crippen LogP contribution in [0.3, 0.4) is 0 Å². The monoisotopic (exact) mass is 267 g/mol. The zero-order valence-electron chi connectivity index (χ0n) is 11.2. The van der Waals surface area contributed by atoms with Crippen molar-refractivity contribution in [1.29, 1.82) is 0 Å². The van der Waals surface area contributed by atoms with Crippen LogP contribution in [0.1, 0.15) is 25.8 Å². The molecule has 0 saturated carbocycles. The van der Waals surface area contributed by atoms with Crippen molar-refractivity contribution in [2.45, 2.75) is 32.9 Å². The third kappa shape index (κ3) is 5.05. The summed E-state index contributed by atoms with van der Waals surface area (Å²) in [6.07, 6.45) is 0.680. The minimum atomic E-state index is -0.468. The molecule has 0 radical (unpaired) electrons. The Kier molecular flexibility index (Phi) is 5.44. The fourth-order valence-corrected chi connectivity index (χ4v) is 1.65. The molecule has 1 unspecified atom stereocenters. The molecule has 1 aromatic carbocycles. The van der Waals surface area contributed by atoms with Crippen molar-refractivity contribution in [3.05, 3.63) is 39.9 Å². The lowest BCUT2D eigenvalue weighted by atomic mass is 10.1. The van der Waals surface area contributed by atoms with Crippen molar-refractivity contribution in [2.75, 3.05) is 0 Å². The molecular weight excluding hydrogens is 248 g/mol. The minimum absolute atomic E-state index is 0.0184. The van der Waals surface area contributed by atoms with E-state index in [1.807, 2.05) is 13.8 Å². The lowest BCUT2D eigenvalue weighted by Crippen LogP contribution is -2.65. The van der Waals surface area contributed by atoms with E-state index < -0.39 is 4.92 Å². The van der Waals surface area contributed by atoms with Crippen molar-refractivity contribution in [1.82, 2.24) is 0 Å². The standard InChI is InChI=1S/C13H18N2O4/c1-9(2)7-12(14)13(16)19-8-10-3-5-11(6-4-10)15(17)18/h3-6,9,12H,7-8,14H2,1-2H3/p+1. The van der Waals surface area contributed by atoms with Gasteiger partial charge in [-0.1, -0.05) is 13.8 Å². The van der Waals surface area contributed by atoms with Crippen molar-refractivity contribution >= 4 is 11.7 Å². The van der Waals surface area contributed by atoms with E-state index in [1.54, 1.807) is 12.1 Å². The van der Waals surface area contributed by atoms with Crippen LogP contribution in [0.5, 0.6) is 0 Å². The average Bonchev–Trinajstić information content (AvgIpc) is 2.35. The van der Waals surface area contributed by atoms with Crippen LogP contribution in [-0.4, -0.2) is 16.9 Å². The number of ether oxygens (including phenoxy) is 1. The van der Waals surface area contributed by atoms with Gasteiger partial charge in [-0.2, -0.15) is 0 Å². The number of non-ortho nitro benzene ring substituents is 1. The molecule has 0 saturated heterocycles. The van der Waals surface area contributed by atoms with E-state index in [0.717, 1.165) is 5.56 Å². The van der Waals surface area contributed by atoms with Gasteiger partial charge in [0.05, 0.1) is 4.92 Å². The molecule has 1 rings (SSSR count). The summed E-state index contributed by atoms with van der Waals surface area (Å²) in [6, 6.07) is 5.55. The van der Waals surface area contributed by atoms with Crippen LogP contribution in [0, 0.1) is 16.0 Å². The largest absolute Gasteiger partial charge is 0.456 e. The molecule has 0 bridgehead atoms. The maximum atomic E-state index is 11.6. The Labute approximate surface area is 111 Å². The van der Waals surface area contributed by atoms with Crippen LogP contribution in [0.4, 0.5) is 5.69 Å². The molecule has 104 valence electrons. The Balaban J connectivity index is 2.48. The van der Waals surface area contributed by atoms with Gasteiger partial charge in [0.2, 0.25) is 0 Å². The fraction of sp³-hybridized carbons (Fsp3) is 0.462. The summed E-state index contributed by atoms with van der Waals surface area (Å²) < 4.78 is 5.12. The number of esters is 1. The van der Waals surface area contributed by atoms with E-state index in [1.165, 1.54) is 12.1 Å². The number of nitrogens with zero attached hydrogens (tertiary/aromatic N) is 1. The number of rotatable bonds is 6. The Hall–Kier alpha value is -1.95. The lowest BCUT2D eigenvalue weighted by molar-refractivity contribution is -0.411. The first-order valence-electron chi connectivity index (χ1n) is 6.13. The Morgan fingerprint density at radius 1 is 1.37 bits per heavy atom. The molecule has 0 aromatic heterocycles. The summed E-state index contributed by atoms with van der Waals surface area (Å²) in [5, 5.41) is 10.5. The zero-order valence-corrected chi connectivity index (χ0v) is 11.2. The van der Waals surface area contributed by atoms with E-state index in [0.29, 0.717) is 12.3 Å². The number of carbonyl (C=O) groups excluding carboxylic acids is 1. The van der Waals surface area contributed by atoms with Gasteiger partial charge < -0.3 is 10.5 Å². The molecule has 1 atom stereocenters. The van der Waals surface area contributed by atoms with Gasteiger partial charge in [-0.15, -0.1) is 0 Å². The molecule has 0 spiro atoms. The maximum Gasteiger partial charge on any atom is 0.365 e. The molecule has 6 nitrogen and oxygen atoms in total. The minimum Gasteiger partial charge on any atom is -0.456 e. The number of nitro benzene ring substituents is 1. The van der Waals surface area contributed by atoms with E-state index in [2.05, 4.69) is 5.73 Å². The summed E-state index contributed by atoms with van der Waals surface area (Å²) in [5.41, 5.74) is 4.50. The van der Waals surface area contributed by atoms with Crippen molar-refractivity contribution in [3.8, 4) is 0 Å². The number of carbonyl (C=O) groups is 1. The quantitative estimate of drug-likeness (QED) is 0.477. The zero-order chi connectivity index (χ0) is 14.4. The molecule has 0 amide bonds. The summed E-state index contributed by atoms with van der Waals surface area (Å²) in [7, 11) is 0. The molecule has 0 fully saturated rings. The smallest absolute Gasteiger partial charge is 0.365 e. The van der Waals surface area contributed by atoms with Gasteiger partial charge in [-0.25, -0.2) is 4.79 Å². The first-order chi connectivity index (χ1) is 8.90. The summed E-state index contributed by atoms with van der Waals surface area (Å²) in [6.45, 7) is 4.14. The second kappa shape index (κ2) is 6.84. The SMILES string of the molecule is CC(C)CC([NH3+])C(=O)OCc1ccc([N+](=O)[O-])cc1. The van der Waals surface area contributed by atoms with Crippen LogP contribution in [0.15, 0.2) is 24.3 Å². The summed E-state index contributed by atoms with van der Waals surface area (Å²) >= 11 is 0. The molecule has 0 aliphatic heterocycles. The van der Waals surface area contributed by atoms with Crippen LogP contribution in [0.25, 0.3) is 0 Å². The highest BCUT2D eigenvalue weighted by atomic mass is 16.6. The summed E-state index contributed by atoms with van der Waals surface area (Å²) in [4.78, 5) is 21.6. The first-order valence-corrected chi connectivity index (χ1v) is 6.13. The highest BCUT2D eigenvalue weighted by molar-refractivity contribution is 5.73. The van der Waals surface area contributed by atoms with Gasteiger partial charge in [0.1, 0.15) is 6.61 Å². The number of quaternary nitrogens is 1. The third-order valence-corrected chi connectivity index (χ3v) is 2.62. The molecule has 3 N–H and O–H groups in total. The number of hydrogen-bond donors (Lipinski definition) is 1. The lowest BCUT2D eigenvalue weighted by Gasteiger charge is -2.10. The van der Waals surface area contributed by atoms with E-state index >= 15 is 0 Å². The van der Waals surface area contributed by atoms with E-state index in [-0.39, 0.29) is 24.3 Å². The molecule has 6 heteroatoms. The average molecular weight is 267 g/mol. The highest BCUT2D eigenvalue weighted by Crippen LogP contribution is 2.13. The van der Waals surface area contributed by atoms with Gasteiger partial charge in [0, 0.05) is 18.6 Å². The molecule has 0 heterocycles. The van der Waals surface area contributed by atoms with Gasteiger partial charge in [-0.05, 0) is 23.6 Å². The van der Waals surface area contributed by atoms with Crippen LogP contribution >= 0.6 is 0 Å². The van der Waals surface area contributed by atoms with Gasteiger partial charge >= 0.3 is 5.97 Å². The molecule has 19 heavy (non-hydrogen) atoms. The van der Waals surface area contributed by atoms with Crippen LogP contribution < -0.4 is 5.73 Å². The van der Waals surface area contributed by atoms with Crippen molar-refractivity contribution in [2.24, 2.45) is 5.92 Å². The Morgan fingerprint density at radius 3 is 2.42 bits per heavy atom. The van der Waals surface area contributed by atoms with Crippen LogP contribution in [-0.2, 0) is 16.1 Å². The van der Waals surface area contributed by atoms with Gasteiger partial charge in [0.25, 0.3) is 5.69 Å². The van der Waals surface area contributed by atoms with Gasteiger partial charge in [0.15, 0.2) is 6.04 Å². The Bertz CT molecular complexity index is 442. The van der Waals surface area contributed by atoms with Crippen molar-refractivity contribution < 1.29 is 20.2 Å². The molecule has 0 aliphatic rings. The third-order valence-electron chi connectivity index (χ3n) is 2.62. The Morgan fingerprint density at radius 2 is 1.95 bits per heavy atom. The summed E-state index contributed by atoms with van der Waals surface area (Å²) in [5.74, 6) is 0.0430. The van der Waals surface area contributed by atoms with Crippen LogP contribution in [0.2, 0.25) is 0 Å². The van der Waals surface area contributed by atoms with Crippen molar-refractivity contribution in [3.63, 3.8) is 0 Å². The second-order valence-electron chi connectivity index (χ2n) is 4.86. The number of benzene rings is 1. The fourth-order valence-electron chi connectivity index (χ4n) is 1.65. The molecule has 1 aromatic rings. The van der Waals surface area contributed by atoms with Gasteiger partial charge in [-0.3, -0.25) is 10.1 Å². The predicted molar refractivity (Wildman–Crippen MR) is 69.0 cm³/mol. The number of hydrogen-bond acceptors (Lipinski definition) is 4. The highest BCUT2D eigenvalue weighted by Gasteiger charge is 2.20. The molecular formula is C13H19N2O4+. The second-order valence-corrected chi connectivity index (χ2v) is 4.86. The topological polar surface area (TPSA) is 97.1 Å². The predicted octanol–water partition coefficient (Wildman–Crippen LogP) is 1.29.